The Morgan fingerprint density at radius 3 is 2.77 bits per heavy atom. The molecule has 2 aromatic carbocycles. The van der Waals surface area contributed by atoms with Gasteiger partial charge in [0.1, 0.15) is 18.5 Å². The molecule has 0 radical (unpaired) electrons. The first-order valence-corrected chi connectivity index (χ1v) is 8.45. The molecule has 1 heterocycles. The summed E-state index contributed by atoms with van der Waals surface area (Å²) in [5, 5.41) is 0. The van der Waals surface area contributed by atoms with Crippen LogP contribution in [0, 0.1) is 0 Å². The molecule has 0 aliphatic carbocycles. The van der Waals surface area contributed by atoms with Crippen LogP contribution >= 0.6 is 0 Å². The van der Waals surface area contributed by atoms with Crippen LogP contribution in [0.5, 0.6) is 5.75 Å². The quantitative estimate of drug-likeness (QED) is 0.414. The van der Waals surface area contributed by atoms with Crippen molar-refractivity contribution in [2.75, 3.05) is 13.2 Å². The monoisotopic (exact) mass is 352 g/mol. The van der Waals surface area contributed by atoms with Crippen molar-refractivity contribution in [3.63, 3.8) is 0 Å². The van der Waals surface area contributed by atoms with Crippen molar-refractivity contribution >= 4 is 18.0 Å². The van der Waals surface area contributed by atoms with Crippen molar-refractivity contribution in [1.29, 1.82) is 0 Å². The zero-order valence-corrected chi connectivity index (χ0v) is 14.4. The highest BCUT2D eigenvalue weighted by molar-refractivity contribution is 5.91. The second-order valence-electron chi connectivity index (χ2n) is 6.00. The smallest absolute Gasteiger partial charge is 0.343 e. The Bertz CT molecular complexity index is 808. The van der Waals surface area contributed by atoms with Crippen LogP contribution in [0.25, 0.3) is 6.08 Å². The van der Waals surface area contributed by atoms with Crippen molar-refractivity contribution < 1.29 is 23.8 Å². The van der Waals surface area contributed by atoms with Gasteiger partial charge < -0.3 is 14.2 Å². The van der Waals surface area contributed by atoms with E-state index in [1.807, 2.05) is 12.1 Å². The van der Waals surface area contributed by atoms with Crippen LogP contribution in [0.2, 0.25) is 0 Å². The molecule has 1 fully saturated rings. The molecule has 1 aliphatic rings. The molecule has 0 spiro atoms. The van der Waals surface area contributed by atoms with E-state index in [1.165, 1.54) is 0 Å². The van der Waals surface area contributed by atoms with Gasteiger partial charge in [-0.05, 0) is 41.8 Å². The Labute approximate surface area is 152 Å². The van der Waals surface area contributed by atoms with Crippen LogP contribution in [-0.2, 0) is 20.7 Å². The third kappa shape index (κ3) is 5.29. The van der Waals surface area contributed by atoms with Crippen molar-refractivity contribution in [3.8, 4) is 5.75 Å². The highest BCUT2D eigenvalue weighted by Crippen LogP contribution is 2.17. The molecule has 5 nitrogen and oxygen atoms in total. The number of aryl methyl sites for hydroxylation is 1. The molecule has 1 saturated heterocycles. The van der Waals surface area contributed by atoms with Crippen LogP contribution in [0.4, 0.5) is 0 Å². The first kappa shape index (κ1) is 17.9. The summed E-state index contributed by atoms with van der Waals surface area (Å²) in [6, 6.07) is 14.2. The van der Waals surface area contributed by atoms with Gasteiger partial charge in [-0.15, -0.1) is 0 Å². The van der Waals surface area contributed by atoms with E-state index in [0.29, 0.717) is 30.9 Å². The Morgan fingerprint density at radius 2 is 2.00 bits per heavy atom. The van der Waals surface area contributed by atoms with E-state index in [9.17, 15) is 9.59 Å². The molecule has 0 amide bonds. The number of esters is 2. The van der Waals surface area contributed by atoms with Crippen LogP contribution in [0.3, 0.4) is 0 Å². The second kappa shape index (κ2) is 8.45. The molecule has 134 valence electrons. The standard InChI is InChI=1S/C21H20O5/c1-2-15-5-3-7-17(11-15)21(23)26-18-8-4-6-16(12-18)9-10-20(22)25-14-19-13-24-19/h2-8,11-12,19H,1,9-10,13-14H2. The molecule has 0 aromatic heterocycles. The van der Waals surface area contributed by atoms with Crippen LogP contribution < -0.4 is 4.74 Å². The molecule has 1 aliphatic heterocycles. The van der Waals surface area contributed by atoms with Gasteiger partial charge in [0, 0.05) is 6.42 Å². The van der Waals surface area contributed by atoms with E-state index >= 15 is 0 Å². The first-order chi connectivity index (χ1) is 12.6. The van der Waals surface area contributed by atoms with Gasteiger partial charge in [0.25, 0.3) is 0 Å². The maximum Gasteiger partial charge on any atom is 0.343 e. The van der Waals surface area contributed by atoms with Crippen LogP contribution in [-0.4, -0.2) is 31.3 Å². The molecule has 0 saturated carbocycles. The molecule has 0 bridgehead atoms. The molecular formula is C21H20O5. The number of ether oxygens (including phenoxy) is 3. The minimum Gasteiger partial charge on any atom is -0.463 e. The third-order valence-corrected chi connectivity index (χ3v) is 3.92. The largest absolute Gasteiger partial charge is 0.463 e. The van der Waals surface area contributed by atoms with Gasteiger partial charge >= 0.3 is 11.9 Å². The number of rotatable bonds is 8. The highest BCUT2D eigenvalue weighted by atomic mass is 16.6. The zero-order valence-electron chi connectivity index (χ0n) is 14.4. The number of epoxide rings is 1. The molecular weight excluding hydrogens is 332 g/mol. The van der Waals surface area contributed by atoms with Crippen molar-refractivity contribution in [3.05, 3.63) is 71.8 Å². The predicted molar refractivity (Wildman–Crippen MR) is 97.0 cm³/mol. The van der Waals surface area contributed by atoms with Crippen molar-refractivity contribution in [2.24, 2.45) is 0 Å². The minimum absolute atomic E-state index is 0.0706. The van der Waals surface area contributed by atoms with Gasteiger partial charge in [-0.1, -0.05) is 36.9 Å². The maximum atomic E-state index is 12.3. The lowest BCUT2D eigenvalue weighted by atomic mass is 10.1. The fourth-order valence-electron chi connectivity index (χ4n) is 2.39. The van der Waals surface area contributed by atoms with E-state index in [0.717, 1.165) is 11.1 Å². The molecule has 1 unspecified atom stereocenters. The average molecular weight is 352 g/mol. The topological polar surface area (TPSA) is 65.1 Å². The zero-order chi connectivity index (χ0) is 18.4. The normalized spacial score (nSPS) is 15.2. The summed E-state index contributed by atoms with van der Waals surface area (Å²) in [6.45, 7) is 4.67. The minimum atomic E-state index is -0.435. The average Bonchev–Trinajstić information content (AvgIpc) is 3.49. The second-order valence-corrected chi connectivity index (χ2v) is 6.00. The van der Waals surface area contributed by atoms with E-state index in [2.05, 4.69) is 6.58 Å². The lowest BCUT2D eigenvalue weighted by Crippen LogP contribution is -2.11. The van der Waals surface area contributed by atoms with E-state index < -0.39 is 5.97 Å². The number of carbonyl (C=O) groups excluding carboxylic acids is 2. The number of carbonyl (C=O) groups is 2. The van der Waals surface area contributed by atoms with Gasteiger partial charge in [0.05, 0.1) is 12.2 Å². The summed E-state index contributed by atoms with van der Waals surface area (Å²) >= 11 is 0. The summed E-state index contributed by atoms with van der Waals surface area (Å²) in [5.41, 5.74) is 2.21. The van der Waals surface area contributed by atoms with Gasteiger partial charge in [0.2, 0.25) is 0 Å². The molecule has 1 atom stereocenters. The van der Waals surface area contributed by atoms with Gasteiger partial charge in [0.15, 0.2) is 0 Å². The Morgan fingerprint density at radius 1 is 1.19 bits per heavy atom. The van der Waals surface area contributed by atoms with Crippen molar-refractivity contribution in [2.45, 2.75) is 18.9 Å². The Kier molecular flexibility index (Phi) is 5.81. The van der Waals surface area contributed by atoms with E-state index in [1.54, 1.807) is 42.5 Å². The lowest BCUT2D eigenvalue weighted by Gasteiger charge is -2.07. The van der Waals surface area contributed by atoms with Gasteiger partial charge in [-0.3, -0.25) is 4.79 Å². The van der Waals surface area contributed by atoms with E-state index in [4.69, 9.17) is 14.2 Å². The summed E-state index contributed by atoms with van der Waals surface area (Å²) in [5.74, 6) is -0.255. The van der Waals surface area contributed by atoms with E-state index in [-0.39, 0.29) is 18.5 Å². The molecule has 5 heteroatoms. The van der Waals surface area contributed by atoms with Crippen LogP contribution in [0.15, 0.2) is 55.1 Å². The summed E-state index contributed by atoms with van der Waals surface area (Å²) in [7, 11) is 0. The SMILES string of the molecule is C=Cc1cccc(C(=O)Oc2cccc(CCC(=O)OCC3CO3)c2)c1. The third-order valence-electron chi connectivity index (χ3n) is 3.92. The maximum absolute atomic E-state index is 12.3. The molecule has 0 N–H and O–H groups in total. The number of benzene rings is 2. The molecule has 2 aromatic rings. The Balaban J connectivity index is 1.55. The fraction of sp³-hybridized carbons (Fsp3) is 0.238. The predicted octanol–water partition coefficient (Wildman–Crippen LogP) is 3.42. The summed E-state index contributed by atoms with van der Waals surface area (Å²) < 4.78 is 15.5. The lowest BCUT2D eigenvalue weighted by molar-refractivity contribution is -0.144. The Hall–Kier alpha value is -2.92. The van der Waals surface area contributed by atoms with Crippen LogP contribution in [0.1, 0.15) is 27.9 Å². The number of hydrogen-bond donors (Lipinski definition) is 0. The molecule has 3 rings (SSSR count). The summed E-state index contributed by atoms with van der Waals surface area (Å²) in [4.78, 5) is 24.0. The highest BCUT2D eigenvalue weighted by Gasteiger charge is 2.24. The van der Waals surface area contributed by atoms with Gasteiger partial charge in [-0.2, -0.15) is 0 Å². The van der Waals surface area contributed by atoms with Gasteiger partial charge in [-0.25, -0.2) is 4.79 Å². The summed E-state index contributed by atoms with van der Waals surface area (Å²) in [6.07, 6.45) is 2.53. The molecule has 26 heavy (non-hydrogen) atoms. The fourth-order valence-corrected chi connectivity index (χ4v) is 2.39. The first-order valence-electron chi connectivity index (χ1n) is 8.45. The van der Waals surface area contributed by atoms with Crippen molar-refractivity contribution in [1.82, 2.24) is 0 Å². The number of hydrogen-bond acceptors (Lipinski definition) is 5.